The van der Waals surface area contributed by atoms with Crippen LogP contribution in [0.15, 0.2) is 11.1 Å². The van der Waals surface area contributed by atoms with Gasteiger partial charge >= 0.3 is 0 Å². The van der Waals surface area contributed by atoms with Gasteiger partial charge in [0, 0.05) is 4.48 Å². The molecule has 0 bridgehead atoms. The number of rotatable bonds is 1. The molecule has 1 unspecified atom stereocenters. The highest BCUT2D eigenvalue weighted by molar-refractivity contribution is 9.11. The van der Waals surface area contributed by atoms with E-state index in [9.17, 15) is 0 Å². The number of hydrogen-bond donors (Lipinski definition) is 0. The van der Waals surface area contributed by atoms with E-state index in [1.165, 1.54) is 44.9 Å². The summed E-state index contributed by atoms with van der Waals surface area (Å²) in [5.74, 6) is 0. The van der Waals surface area contributed by atoms with Crippen molar-refractivity contribution in [3.63, 3.8) is 0 Å². The number of halogens is 1. The molecular weight excluding hydrogens is 228 g/mol. The van der Waals surface area contributed by atoms with Crippen LogP contribution >= 0.6 is 15.9 Å². The van der Waals surface area contributed by atoms with E-state index in [0.29, 0.717) is 6.10 Å². The molecule has 2 rings (SSSR count). The summed E-state index contributed by atoms with van der Waals surface area (Å²) in [7, 11) is 0. The standard InChI is InChI=1S/C11H17BrO/c1-9(12)10-11(13-10)7-5-3-2-4-6-8-11/h10H,1-8H2. The van der Waals surface area contributed by atoms with Gasteiger partial charge in [0.25, 0.3) is 0 Å². The number of ether oxygens (including phenoxy) is 1. The van der Waals surface area contributed by atoms with Crippen LogP contribution in [0.25, 0.3) is 0 Å². The van der Waals surface area contributed by atoms with Gasteiger partial charge in [-0.2, -0.15) is 0 Å². The molecule has 0 aromatic rings. The maximum Gasteiger partial charge on any atom is 0.118 e. The third-order valence-electron chi connectivity index (χ3n) is 3.26. The Labute approximate surface area is 88.7 Å². The van der Waals surface area contributed by atoms with Crippen molar-refractivity contribution in [1.29, 1.82) is 0 Å². The molecule has 2 aliphatic rings. The van der Waals surface area contributed by atoms with Crippen molar-refractivity contribution in [2.75, 3.05) is 0 Å². The van der Waals surface area contributed by atoms with Crippen molar-refractivity contribution >= 4 is 15.9 Å². The van der Waals surface area contributed by atoms with Gasteiger partial charge in [-0.25, -0.2) is 0 Å². The zero-order valence-electron chi connectivity index (χ0n) is 8.02. The fourth-order valence-corrected chi connectivity index (χ4v) is 2.94. The minimum absolute atomic E-state index is 0.195. The SMILES string of the molecule is C=C(Br)C1OC12CCCCCCC2. The Morgan fingerprint density at radius 3 is 2.15 bits per heavy atom. The molecule has 0 aromatic carbocycles. The predicted octanol–water partition coefficient (Wildman–Crippen LogP) is 3.78. The molecule has 1 saturated carbocycles. The molecular formula is C11H17BrO. The average Bonchev–Trinajstić information content (AvgIpc) is 2.73. The van der Waals surface area contributed by atoms with Crippen LogP contribution in [-0.4, -0.2) is 11.7 Å². The topological polar surface area (TPSA) is 12.5 Å². The Morgan fingerprint density at radius 1 is 1.15 bits per heavy atom. The molecule has 2 heteroatoms. The molecule has 0 radical (unpaired) electrons. The highest BCUT2D eigenvalue weighted by Crippen LogP contribution is 2.50. The van der Waals surface area contributed by atoms with E-state index in [1.54, 1.807) is 0 Å². The molecule has 1 aliphatic carbocycles. The maximum absolute atomic E-state index is 5.80. The second-order valence-electron chi connectivity index (χ2n) is 4.28. The molecule has 1 nitrogen and oxygen atoms in total. The highest BCUT2D eigenvalue weighted by atomic mass is 79.9. The van der Waals surface area contributed by atoms with E-state index >= 15 is 0 Å². The van der Waals surface area contributed by atoms with Gasteiger partial charge in [-0.05, 0) is 12.8 Å². The number of epoxide rings is 1. The van der Waals surface area contributed by atoms with Crippen LogP contribution in [0, 0.1) is 0 Å². The van der Waals surface area contributed by atoms with Crippen molar-refractivity contribution in [2.45, 2.75) is 56.7 Å². The van der Waals surface area contributed by atoms with E-state index in [2.05, 4.69) is 22.5 Å². The van der Waals surface area contributed by atoms with Crippen LogP contribution < -0.4 is 0 Å². The Balaban J connectivity index is 1.94. The summed E-state index contributed by atoms with van der Waals surface area (Å²) in [4.78, 5) is 0. The fourth-order valence-electron chi connectivity index (χ4n) is 2.43. The summed E-state index contributed by atoms with van der Waals surface area (Å²) in [6.07, 6.45) is 9.62. The Morgan fingerprint density at radius 2 is 1.69 bits per heavy atom. The van der Waals surface area contributed by atoms with Crippen LogP contribution in [-0.2, 0) is 4.74 Å². The summed E-state index contributed by atoms with van der Waals surface area (Å²) in [5, 5.41) is 0. The Kier molecular flexibility index (Phi) is 2.80. The van der Waals surface area contributed by atoms with E-state index in [-0.39, 0.29) is 5.60 Å². The first-order valence-corrected chi connectivity index (χ1v) is 6.06. The Bertz CT molecular complexity index is 204. The van der Waals surface area contributed by atoms with Gasteiger partial charge in [0.1, 0.15) is 6.10 Å². The molecule has 1 heterocycles. The van der Waals surface area contributed by atoms with Crippen LogP contribution in [0.1, 0.15) is 44.9 Å². The van der Waals surface area contributed by atoms with Gasteiger partial charge in [0.2, 0.25) is 0 Å². The molecule has 0 aromatic heterocycles. The lowest BCUT2D eigenvalue weighted by atomic mass is 9.88. The fraction of sp³-hybridized carbons (Fsp3) is 0.818. The normalized spacial score (nSPS) is 32.2. The van der Waals surface area contributed by atoms with Gasteiger partial charge in [-0.3, -0.25) is 0 Å². The molecule has 1 spiro atoms. The van der Waals surface area contributed by atoms with E-state index in [0.717, 1.165) is 4.48 Å². The largest absolute Gasteiger partial charge is 0.360 e. The lowest BCUT2D eigenvalue weighted by molar-refractivity contribution is 0.248. The van der Waals surface area contributed by atoms with Gasteiger partial charge in [0.05, 0.1) is 5.60 Å². The summed E-state index contributed by atoms with van der Waals surface area (Å²) in [5.41, 5.74) is 0.195. The van der Waals surface area contributed by atoms with Crippen molar-refractivity contribution < 1.29 is 4.74 Å². The zero-order valence-corrected chi connectivity index (χ0v) is 9.61. The lowest BCUT2D eigenvalue weighted by Crippen LogP contribution is -2.16. The van der Waals surface area contributed by atoms with E-state index < -0.39 is 0 Å². The Hall–Kier alpha value is 0.180. The average molecular weight is 245 g/mol. The van der Waals surface area contributed by atoms with Crippen LogP contribution in [0.5, 0.6) is 0 Å². The zero-order chi connectivity index (χ0) is 9.31. The summed E-state index contributed by atoms with van der Waals surface area (Å²) in [6.45, 7) is 3.91. The van der Waals surface area contributed by atoms with Gasteiger partial charge in [-0.1, -0.05) is 54.6 Å². The molecule has 1 saturated heterocycles. The monoisotopic (exact) mass is 244 g/mol. The van der Waals surface area contributed by atoms with E-state index in [1.807, 2.05) is 0 Å². The maximum atomic E-state index is 5.80. The third-order valence-corrected chi connectivity index (χ3v) is 3.67. The van der Waals surface area contributed by atoms with E-state index in [4.69, 9.17) is 4.74 Å². The molecule has 1 atom stereocenters. The minimum Gasteiger partial charge on any atom is -0.360 e. The van der Waals surface area contributed by atoms with Crippen LogP contribution in [0.3, 0.4) is 0 Å². The van der Waals surface area contributed by atoms with Crippen molar-refractivity contribution in [3.8, 4) is 0 Å². The molecule has 2 fully saturated rings. The minimum atomic E-state index is 0.195. The first-order chi connectivity index (χ1) is 6.25. The quantitative estimate of drug-likeness (QED) is 0.640. The van der Waals surface area contributed by atoms with Crippen LogP contribution in [0.4, 0.5) is 0 Å². The highest BCUT2D eigenvalue weighted by Gasteiger charge is 2.55. The number of hydrogen-bond acceptors (Lipinski definition) is 1. The van der Waals surface area contributed by atoms with Gasteiger partial charge in [0.15, 0.2) is 0 Å². The summed E-state index contributed by atoms with van der Waals surface area (Å²) >= 11 is 3.44. The van der Waals surface area contributed by atoms with Gasteiger partial charge in [-0.15, -0.1) is 0 Å². The van der Waals surface area contributed by atoms with Crippen molar-refractivity contribution in [1.82, 2.24) is 0 Å². The predicted molar refractivity (Wildman–Crippen MR) is 58.0 cm³/mol. The molecule has 13 heavy (non-hydrogen) atoms. The first kappa shape index (κ1) is 9.72. The second kappa shape index (κ2) is 3.74. The smallest absolute Gasteiger partial charge is 0.118 e. The summed E-state index contributed by atoms with van der Waals surface area (Å²) in [6, 6.07) is 0. The van der Waals surface area contributed by atoms with Crippen LogP contribution in [0.2, 0.25) is 0 Å². The first-order valence-electron chi connectivity index (χ1n) is 5.27. The van der Waals surface area contributed by atoms with Crippen molar-refractivity contribution in [3.05, 3.63) is 11.1 Å². The third kappa shape index (κ3) is 1.99. The molecule has 0 N–H and O–H groups in total. The molecule has 1 aliphatic heterocycles. The second-order valence-corrected chi connectivity index (χ2v) is 5.30. The van der Waals surface area contributed by atoms with Gasteiger partial charge < -0.3 is 4.74 Å². The van der Waals surface area contributed by atoms with Crippen molar-refractivity contribution in [2.24, 2.45) is 0 Å². The molecule has 74 valence electrons. The molecule has 0 amide bonds. The lowest BCUT2D eigenvalue weighted by Gasteiger charge is -2.15. The summed E-state index contributed by atoms with van der Waals surface area (Å²) < 4.78 is 6.83.